The highest BCUT2D eigenvalue weighted by molar-refractivity contribution is 7.88. The van der Waals surface area contributed by atoms with E-state index in [0.29, 0.717) is 13.1 Å². The quantitative estimate of drug-likeness (QED) is 0.829. The minimum Gasteiger partial charge on any atom is -0.495 e. The Morgan fingerprint density at radius 2 is 2.06 bits per heavy atom. The maximum absolute atomic E-state index is 11.4. The molecule has 18 heavy (non-hydrogen) atoms. The lowest BCUT2D eigenvalue weighted by atomic mass is 9.93. The smallest absolute Gasteiger partial charge is 0.211 e. The number of nitrogens with zero attached hydrogens (tertiary/aromatic N) is 2. The van der Waals surface area contributed by atoms with Crippen molar-refractivity contribution in [2.75, 3.05) is 26.5 Å². The molecule has 6 heteroatoms. The number of hydrogen-bond acceptors (Lipinski definition) is 4. The third kappa shape index (κ3) is 2.81. The first kappa shape index (κ1) is 13.3. The number of piperidine rings is 1. The zero-order valence-corrected chi connectivity index (χ0v) is 11.5. The molecule has 2 heterocycles. The Bertz CT molecular complexity index is 508. The van der Waals surface area contributed by atoms with E-state index < -0.39 is 10.0 Å². The molecule has 1 aliphatic rings. The number of hydrogen-bond donors (Lipinski definition) is 0. The van der Waals surface area contributed by atoms with Gasteiger partial charge in [-0.3, -0.25) is 4.98 Å². The fourth-order valence-electron chi connectivity index (χ4n) is 2.34. The molecule has 0 N–H and O–H groups in total. The van der Waals surface area contributed by atoms with Crippen LogP contribution in [0.15, 0.2) is 18.3 Å². The van der Waals surface area contributed by atoms with Crippen molar-refractivity contribution in [2.45, 2.75) is 18.8 Å². The van der Waals surface area contributed by atoms with Gasteiger partial charge in [0.25, 0.3) is 0 Å². The summed E-state index contributed by atoms with van der Waals surface area (Å²) in [5.41, 5.74) is 0.938. The molecule has 2 rings (SSSR count). The van der Waals surface area contributed by atoms with E-state index in [9.17, 15) is 8.42 Å². The van der Waals surface area contributed by atoms with Crippen molar-refractivity contribution in [3.05, 3.63) is 24.0 Å². The van der Waals surface area contributed by atoms with Crippen LogP contribution in [0.5, 0.6) is 5.75 Å². The summed E-state index contributed by atoms with van der Waals surface area (Å²) in [6.07, 6.45) is 4.59. The van der Waals surface area contributed by atoms with E-state index in [1.54, 1.807) is 13.3 Å². The maximum atomic E-state index is 11.4. The Morgan fingerprint density at radius 1 is 1.39 bits per heavy atom. The predicted molar refractivity (Wildman–Crippen MR) is 69.2 cm³/mol. The van der Waals surface area contributed by atoms with Crippen LogP contribution in [-0.2, 0) is 10.0 Å². The van der Waals surface area contributed by atoms with E-state index in [-0.39, 0.29) is 5.92 Å². The van der Waals surface area contributed by atoms with Crippen LogP contribution in [0.4, 0.5) is 0 Å². The molecule has 0 saturated carbocycles. The predicted octanol–water partition coefficient (Wildman–Crippen LogP) is 1.23. The zero-order chi connectivity index (χ0) is 13.2. The molecule has 0 radical (unpaired) electrons. The van der Waals surface area contributed by atoms with Gasteiger partial charge in [-0.25, -0.2) is 12.7 Å². The monoisotopic (exact) mass is 270 g/mol. The first-order valence-corrected chi connectivity index (χ1v) is 7.81. The molecule has 1 aromatic rings. The van der Waals surface area contributed by atoms with Crippen LogP contribution in [0.25, 0.3) is 0 Å². The lowest BCUT2D eigenvalue weighted by Gasteiger charge is -2.30. The van der Waals surface area contributed by atoms with E-state index in [2.05, 4.69) is 4.98 Å². The summed E-state index contributed by atoms with van der Waals surface area (Å²) >= 11 is 0. The number of ether oxygens (including phenoxy) is 1. The van der Waals surface area contributed by atoms with Crippen LogP contribution in [0.2, 0.25) is 0 Å². The number of pyridine rings is 1. The Kier molecular flexibility index (Phi) is 3.87. The van der Waals surface area contributed by atoms with Gasteiger partial charge < -0.3 is 4.74 Å². The van der Waals surface area contributed by atoms with E-state index >= 15 is 0 Å². The average Bonchev–Trinajstić information content (AvgIpc) is 2.38. The lowest BCUT2D eigenvalue weighted by molar-refractivity contribution is 0.311. The van der Waals surface area contributed by atoms with Gasteiger partial charge in [-0.2, -0.15) is 0 Å². The summed E-state index contributed by atoms with van der Waals surface area (Å²) in [5, 5.41) is 0. The molecular formula is C12H18N2O3S. The molecule has 1 aromatic heterocycles. The minimum atomic E-state index is -3.07. The molecule has 0 spiro atoms. The lowest BCUT2D eigenvalue weighted by Crippen LogP contribution is -2.37. The molecule has 1 fully saturated rings. The molecule has 0 amide bonds. The normalized spacial score (nSPS) is 18.8. The minimum absolute atomic E-state index is 0.277. The van der Waals surface area contributed by atoms with Crippen molar-refractivity contribution in [3.63, 3.8) is 0 Å². The molecule has 0 bridgehead atoms. The van der Waals surface area contributed by atoms with Crippen LogP contribution in [-0.4, -0.2) is 44.2 Å². The topological polar surface area (TPSA) is 59.5 Å². The second kappa shape index (κ2) is 5.24. The Morgan fingerprint density at radius 3 is 2.61 bits per heavy atom. The van der Waals surface area contributed by atoms with Gasteiger partial charge >= 0.3 is 0 Å². The highest BCUT2D eigenvalue weighted by Gasteiger charge is 2.27. The molecule has 0 unspecified atom stereocenters. The molecular weight excluding hydrogens is 252 g/mol. The van der Waals surface area contributed by atoms with E-state index in [1.165, 1.54) is 10.6 Å². The molecule has 1 saturated heterocycles. The second-order valence-electron chi connectivity index (χ2n) is 4.53. The van der Waals surface area contributed by atoms with Crippen LogP contribution in [0.3, 0.4) is 0 Å². The molecule has 0 aliphatic carbocycles. The summed E-state index contributed by atoms with van der Waals surface area (Å²) < 4.78 is 29.7. The second-order valence-corrected chi connectivity index (χ2v) is 6.51. The van der Waals surface area contributed by atoms with Crippen LogP contribution < -0.4 is 4.74 Å². The van der Waals surface area contributed by atoms with Crippen LogP contribution in [0.1, 0.15) is 24.5 Å². The molecule has 1 aliphatic heterocycles. The van der Waals surface area contributed by atoms with Crippen molar-refractivity contribution in [1.82, 2.24) is 9.29 Å². The molecule has 100 valence electrons. The number of aromatic nitrogens is 1. The van der Waals surface area contributed by atoms with Crippen molar-refractivity contribution in [1.29, 1.82) is 0 Å². The van der Waals surface area contributed by atoms with Gasteiger partial charge in [-0.1, -0.05) is 0 Å². The SMILES string of the molecule is COc1cccnc1C1CCN(S(C)(=O)=O)CC1. The molecule has 5 nitrogen and oxygen atoms in total. The van der Waals surface area contributed by atoms with Gasteiger partial charge in [-0.05, 0) is 25.0 Å². The third-order valence-corrected chi connectivity index (χ3v) is 4.63. The molecule has 0 atom stereocenters. The van der Waals surface area contributed by atoms with E-state index in [0.717, 1.165) is 24.3 Å². The maximum Gasteiger partial charge on any atom is 0.211 e. The standard InChI is InChI=1S/C12H18N2O3S/c1-17-11-4-3-7-13-12(11)10-5-8-14(9-6-10)18(2,15)16/h3-4,7,10H,5-6,8-9H2,1-2H3. The van der Waals surface area contributed by atoms with Crippen molar-refractivity contribution in [2.24, 2.45) is 0 Å². The summed E-state index contributed by atoms with van der Waals surface area (Å²) in [5.74, 6) is 1.06. The third-order valence-electron chi connectivity index (χ3n) is 3.33. The van der Waals surface area contributed by atoms with E-state index in [1.807, 2.05) is 12.1 Å². The Balaban J connectivity index is 2.10. The molecule has 0 aromatic carbocycles. The highest BCUT2D eigenvalue weighted by Crippen LogP contribution is 2.32. The van der Waals surface area contributed by atoms with Crippen molar-refractivity contribution < 1.29 is 13.2 Å². The van der Waals surface area contributed by atoms with Gasteiger partial charge in [-0.15, -0.1) is 0 Å². The van der Waals surface area contributed by atoms with Crippen molar-refractivity contribution in [3.8, 4) is 5.75 Å². The number of methoxy groups -OCH3 is 1. The Hall–Kier alpha value is -1.14. The highest BCUT2D eigenvalue weighted by atomic mass is 32.2. The summed E-state index contributed by atoms with van der Waals surface area (Å²) in [7, 11) is -1.43. The first-order chi connectivity index (χ1) is 8.52. The van der Waals surface area contributed by atoms with Crippen LogP contribution >= 0.6 is 0 Å². The number of sulfonamides is 1. The van der Waals surface area contributed by atoms with Gasteiger partial charge in [0.15, 0.2) is 0 Å². The van der Waals surface area contributed by atoms with Gasteiger partial charge in [0.2, 0.25) is 10.0 Å². The average molecular weight is 270 g/mol. The Labute approximate surface area is 108 Å². The fraction of sp³-hybridized carbons (Fsp3) is 0.583. The van der Waals surface area contributed by atoms with Gasteiger partial charge in [0.05, 0.1) is 19.1 Å². The summed E-state index contributed by atoms with van der Waals surface area (Å²) in [6, 6.07) is 3.74. The summed E-state index contributed by atoms with van der Waals surface area (Å²) in [6.45, 7) is 1.12. The number of rotatable bonds is 3. The first-order valence-electron chi connectivity index (χ1n) is 5.96. The fourth-order valence-corrected chi connectivity index (χ4v) is 3.22. The zero-order valence-electron chi connectivity index (χ0n) is 10.7. The summed E-state index contributed by atoms with van der Waals surface area (Å²) in [4.78, 5) is 4.37. The van der Waals surface area contributed by atoms with E-state index in [4.69, 9.17) is 4.74 Å². The van der Waals surface area contributed by atoms with Crippen LogP contribution in [0, 0.1) is 0 Å². The van der Waals surface area contributed by atoms with Gasteiger partial charge in [0.1, 0.15) is 5.75 Å². The van der Waals surface area contributed by atoms with Crippen molar-refractivity contribution >= 4 is 10.0 Å². The largest absolute Gasteiger partial charge is 0.495 e. The van der Waals surface area contributed by atoms with Gasteiger partial charge in [0, 0.05) is 25.2 Å².